The molecule has 604 valence electrons. The van der Waals surface area contributed by atoms with Crippen LogP contribution in [0, 0.1) is 94.7 Å². The minimum atomic E-state index is 0.788. The molecule has 108 heavy (non-hydrogen) atoms. The molecule has 0 amide bonds. The van der Waals surface area contributed by atoms with Gasteiger partial charge in [0.2, 0.25) is 0 Å². The maximum atomic E-state index is 6.65. The topological polar surface area (TPSA) is 70.0 Å². The van der Waals surface area contributed by atoms with Gasteiger partial charge >= 0.3 is 0 Å². The molecule has 4 heterocycles. The number of rotatable bonds is 38. The lowest BCUT2D eigenvalue weighted by Gasteiger charge is -2.38. The summed E-state index contributed by atoms with van der Waals surface area (Å²) in [6.07, 6.45) is 88.3. The molecule has 8 aliphatic rings. The van der Waals surface area contributed by atoms with Crippen LogP contribution in [0.3, 0.4) is 0 Å². The highest BCUT2D eigenvalue weighted by Gasteiger charge is 2.36. The third kappa shape index (κ3) is 26.6. The van der Waals surface area contributed by atoms with Crippen molar-refractivity contribution in [2.24, 2.45) is 94.7 Å². The molecular weight excluding hydrogens is 1310 g/mol. The second kappa shape index (κ2) is 46.5. The van der Waals surface area contributed by atoms with Crippen molar-refractivity contribution < 1.29 is 9.47 Å². The van der Waals surface area contributed by atoms with E-state index in [2.05, 4.69) is 79.7 Å². The fraction of sp³-hybridized carbons (Fsp3) is 0.804. The molecule has 0 atom stereocenters. The first-order valence-corrected chi connectivity index (χ1v) is 48.4. The van der Waals surface area contributed by atoms with Crippen LogP contribution in [0.1, 0.15) is 421 Å². The van der Waals surface area contributed by atoms with Gasteiger partial charge in [-0.05, 0) is 347 Å². The third-order valence-electron chi connectivity index (χ3n) is 30.8. The van der Waals surface area contributed by atoms with Gasteiger partial charge in [-0.2, -0.15) is 0 Å². The Morgan fingerprint density at radius 1 is 0.222 bits per heavy atom. The van der Waals surface area contributed by atoms with Crippen molar-refractivity contribution in [1.29, 1.82) is 0 Å². The van der Waals surface area contributed by atoms with Gasteiger partial charge in [-0.3, -0.25) is 19.9 Å². The lowest BCUT2D eigenvalue weighted by atomic mass is 9.68. The lowest BCUT2D eigenvalue weighted by Crippen LogP contribution is -2.26. The fourth-order valence-electron chi connectivity index (χ4n) is 24.0. The van der Waals surface area contributed by atoms with Crippen molar-refractivity contribution in [3.8, 4) is 23.0 Å². The van der Waals surface area contributed by atoms with Crippen molar-refractivity contribution in [2.75, 3.05) is 0 Å². The summed E-state index contributed by atoms with van der Waals surface area (Å²) >= 11 is 0. The van der Waals surface area contributed by atoms with E-state index in [0.717, 1.165) is 182 Å². The Hall–Kier alpha value is -3.80. The molecule has 12 rings (SSSR count). The molecule has 4 aromatic rings. The van der Waals surface area contributed by atoms with Crippen molar-refractivity contribution in [2.45, 2.75) is 428 Å². The monoisotopic (exact) mass is 1480 g/mol. The zero-order valence-corrected chi connectivity index (χ0v) is 71.5. The van der Waals surface area contributed by atoms with Gasteiger partial charge < -0.3 is 9.47 Å². The van der Waals surface area contributed by atoms with Gasteiger partial charge in [-0.1, -0.05) is 222 Å². The number of ether oxygens (including phenoxy) is 2. The Bertz CT molecular complexity index is 2880. The first kappa shape index (κ1) is 85.1. The van der Waals surface area contributed by atoms with Crippen LogP contribution < -0.4 is 9.47 Å². The van der Waals surface area contributed by atoms with E-state index in [4.69, 9.17) is 29.4 Å². The predicted molar refractivity (Wildman–Crippen MR) is 459 cm³/mol. The van der Waals surface area contributed by atoms with Gasteiger partial charge in [-0.25, -0.2) is 0 Å². The van der Waals surface area contributed by atoms with Crippen LogP contribution >= 0.6 is 0 Å². The number of hydrogen-bond acceptors (Lipinski definition) is 6. The standard InChI is InChI=1S/C52H84N2O.C50H80N2O/c1-5-9-11-15-39-17-25-43(26-18-39)45-29-21-41(22-30-45)33-47-35-49(37-53-51(47)13-7-3)55-50-36-48(52(14-8-4)54-38-50)34-42-23-31-46(32-24-42)44-27-19-40(20-28-44)16-12-10-6-2;1-5-9-13-37-15-23-41(24-16-37)43-27-19-39(20-28-43)31-45-33-47(35-51-49(45)11-7-3)53-48-34-46(50(12-8-4)52-36-48)32-40-21-29-44(30-22-40)42-25-17-38(18-26-42)14-10-6-2/h35-46H,5-34H2,1-4H3;33-44H,5-32H2,1-4H3/t39-,40-,41-,42-,43-,44-,45-,46-;37-,38-,39-,40-,41-,42-,43-,44-. The first-order valence-electron chi connectivity index (χ1n) is 48.4. The normalized spacial score (nSPS) is 29.3. The summed E-state index contributed by atoms with van der Waals surface area (Å²) < 4.78 is 13.3. The van der Waals surface area contributed by atoms with Gasteiger partial charge in [0.1, 0.15) is 23.0 Å². The van der Waals surface area contributed by atoms with Crippen LogP contribution in [0.4, 0.5) is 0 Å². The minimum absolute atomic E-state index is 0.788. The van der Waals surface area contributed by atoms with Crippen molar-refractivity contribution in [3.63, 3.8) is 0 Å². The molecule has 0 unspecified atom stereocenters. The second-order valence-corrected chi connectivity index (χ2v) is 38.7. The van der Waals surface area contributed by atoms with E-state index in [1.165, 1.54) is 353 Å². The fourth-order valence-corrected chi connectivity index (χ4v) is 24.0. The first-order chi connectivity index (χ1) is 53.1. The molecule has 6 nitrogen and oxygen atoms in total. The molecular formula is C102H164N4O2. The highest BCUT2D eigenvalue weighted by Crippen LogP contribution is 2.49. The van der Waals surface area contributed by atoms with E-state index < -0.39 is 0 Å². The molecule has 0 spiro atoms. The van der Waals surface area contributed by atoms with E-state index in [1.54, 1.807) is 0 Å². The van der Waals surface area contributed by atoms with Gasteiger partial charge in [-0.15, -0.1) is 0 Å². The molecule has 0 saturated heterocycles. The summed E-state index contributed by atoms with van der Waals surface area (Å²) in [5.74, 6) is 18.8. The number of unbranched alkanes of at least 4 members (excludes halogenated alkanes) is 6. The number of nitrogens with zero attached hydrogens (tertiary/aromatic N) is 4. The van der Waals surface area contributed by atoms with E-state index in [-0.39, 0.29) is 0 Å². The molecule has 0 aliphatic heterocycles. The predicted octanol–water partition coefficient (Wildman–Crippen LogP) is 30.5. The third-order valence-corrected chi connectivity index (χ3v) is 30.8. The quantitative estimate of drug-likeness (QED) is 0.0417. The summed E-state index contributed by atoms with van der Waals surface area (Å²) in [7, 11) is 0. The van der Waals surface area contributed by atoms with Crippen LogP contribution in [0.25, 0.3) is 0 Å². The van der Waals surface area contributed by atoms with Crippen molar-refractivity contribution in [3.05, 3.63) is 94.1 Å². The summed E-state index contributed by atoms with van der Waals surface area (Å²) in [6.45, 7) is 18.5. The highest BCUT2D eigenvalue weighted by molar-refractivity contribution is 5.38. The zero-order chi connectivity index (χ0) is 75.1. The molecule has 4 aromatic heterocycles. The SMILES string of the molecule is CCCCC[C@H]1CC[C@H]([C@H]2CC[C@H](Cc3cc(Oc4cnc(CCC)c(C[C@H]5CC[C@H]([C@H]6CC[C@H](CCCCC)CC6)CC5)c4)cnc3CCC)CC2)CC1.CCCC[C@H]1CC[C@H]([C@H]2CC[C@H](Cc3cc(Oc4cnc(CCC)c(C[C@H]5CC[C@H]([C@H]6CC[C@H](CCCC)CC6)CC5)c4)cnc3CCC)CC2)CC1. The maximum Gasteiger partial charge on any atom is 0.146 e. The number of aromatic nitrogens is 4. The lowest BCUT2D eigenvalue weighted by molar-refractivity contribution is 0.142. The molecule has 8 aliphatic carbocycles. The average Bonchev–Trinajstić information content (AvgIpc) is 0.828. The minimum Gasteiger partial charge on any atom is -0.454 e. The molecule has 8 saturated carbocycles. The van der Waals surface area contributed by atoms with Crippen LogP contribution in [0.15, 0.2) is 49.1 Å². The molecule has 6 heteroatoms. The molecule has 0 N–H and O–H groups in total. The van der Waals surface area contributed by atoms with Crippen LogP contribution in [-0.2, 0) is 51.4 Å². The van der Waals surface area contributed by atoms with E-state index >= 15 is 0 Å². The summed E-state index contributed by atoms with van der Waals surface area (Å²) in [5, 5.41) is 0. The Morgan fingerprint density at radius 3 is 0.593 bits per heavy atom. The number of pyridine rings is 4. The van der Waals surface area contributed by atoms with E-state index in [9.17, 15) is 0 Å². The van der Waals surface area contributed by atoms with Gasteiger partial charge in [0.15, 0.2) is 0 Å². The van der Waals surface area contributed by atoms with E-state index in [0.29, 0.717) is 0 Å². The van der Waals surface area contributed by atoms with Crippen LogP contribution in [-0.4, -0.2) is 19.9 Å². The van der Waals surface area contributed by atoms with Crippen LogP contribution in [0.5, 0.6) is 23.0 Å². The molecule has 8 fully saturated rings. The zero-order valence-electron chi connectivity index (χ0n) is 71.5. The van der Waals surface area contributed by atoms with Crippen molar-refractivity contribution in [1.82, 2.24) is 19.9 Å². The Labute approximate surface area is 665 Å². The summed E-state index contributed by atoms with van der Waals surface area (Å²) in [4.78, 5) is 20.1. The van der Waals surface area contributed by atoms with Gasteiger partial charge in [0.05, 0.1) is 24.8 Å². The van der Waals surface area contributed by atoms with Crippen LogP contribution in [0.2, 0.25) is 0 Å². The van der Waals surface area contributed by atoms with Gasteiger partial charge in [0.25, 0.3) is 0 Å². The molecule has 0 bridgehead atoms. The molecule has 0 radical (unpaired) electrons. The Kier molecular flexibility index (Phi) is 36.7. The highest BCUT2D eigenvalue weighted by atomic mass is 16.5. The van der Waals surface area contributed by atoms with Crippen molar-refractivity contribution >= 4 is 0 Å². The average molecular weight is 1480 g/mol. The number of aryl methyl sites for hydroxylation is 4. The Balaban J connectivity index is 0.000000215. The summed E-state index contributed by atoms with van der Waals surface area (Å²) in [5.41, 5.74) is 10.9. The van der Waals surface area contributed by atoms with Gasteiger partial charge in [0, 0.05) is 22.8 Å². The number of hydrogen-bond donors (Lipinski definition) is 0. The largest absolute Gasteiger partial charge is 0.454 e. The summed E-state index contributed by atoms with van der Waals surface area (Å²) in [6, 6.07) is 9.40. The second-order valence-electron chi connectivity index (χ2n) is 38.7. The molecule has 0 aromatic carbocycles. The Morgan fingerprint density at radius 2 is 0.407 bits per heavy atom. The van der Waals surface area contributed by atoms with E-state index in [1.807, 2.05) is 24.8 Å². The maximum absolute atomic E-state index is 6.65. The smallest absolute Gasteiger partial charge is 0.146 e.